The first kappa shape index (κ1) is 13.8. The lowest BCUT2D eigenvalue weighted by Crippen LogP contribution is -2.49. The van der Waals surface area contributed by atoms with Gasteiger partial charge in [0, 0.05) is 18.4 Å². The summed E-state index contributed by atoms with van der Waals surface area (Å²) in [6.45, 7) is 5.63. The molecule has 0 N–H and O–H groups in total. The lowest BCUT2D eigenvalue weighted by Gasteiger charge is -2.56. The van der Waals surface area contributed by atoms with Gasteiger partial charge in [-0.15, -0.1) is 10.2 Å². The van der Waals surface area contributed by atoms with Gasteiger partial charge in [-0.05, 0) is 62.7 Å². The van der Waals surface area contributed by atoms with Crippen molar-refractivity contribution < 1.29 is 0 Å². The maximum absolute atomic E-state index is 4.74. The van der Waals surface area contributed by atoms with Crippen molar-refractivity contribution in [3.63, 3.8) is 0 Å². The van der Waals surface area contributed by atoms with Crippen LogP contribution >= 0.6 is 0 Å². The lowest BCUT2D eigenvalue weighted by atomic mass is 9.49. The fraction of sp³-hybridized carbons (Fsp3) is 0.889. The van der Waals surface area contributed by atoms with E-state index < -0.39 is 0 Å². The summed E-state index contributed by atoms with van der Waals surface area (Å²) in [5, 5.41) is 9.30. The third kappa shape index (κ3) is 2.15. The van der Waals surface area contributed by atoms with Gasteiger partial charge in [0.05, 0.1) is 0 Å². The monoisotopic (exact) mass is 287 g/mol. The molecule has 0 atom stereocenters. The Morgan fingerprint density at radius 2 is 1.62 bits per heavy atom. The Kier molecular flexibility index (Phi) is 3.35. The summed E-state index contributed by atoms with van der Waals surface area (Å²) in [6.07, 6.45) is 12.2. The zero-order valence-electron chi connectivity index (χ0n) is 13.6. The molecule has 4 fully saturated rings. The highest BCUT2D eigenvalue weighted by atomic mass is 15.3. The molecule has 3 heteroatoms. The average molecular weight is 287 g/mol. The molecular weight excluding hydrogens is 258 g/mol. The molecule has 4 bridgehead atoms. The van der Waals surface area contributed by atoms with E-state index in [4.69, 9.17) is 5.10 Å². The second-order valence-electron chi connectivity index (χ2n) is 8.00. The standard InChI is InChI=1S/C18H29N3/c1-3-5-6-21-16(4-2)19-20-17(21)18-10-13-7-14(11-18)9-15(8-13)12-18/h13-15H,3-12H2,1-2H3. The molecule has 4 saturated carbocycles. The molecule has 0 radical (unpaired) electrons. The Morgan fingerprint density at radius 1 is 1.00 bits per heavy atom. The van der Waals surface area contributed by atoms with Crippen LogP contribution < -0.4 is 0 Å². The van der Waals surface area contributed by atoms with E-state index in [0.29, 0.717) is 5.41 Å². The van der Waals surface area contributed by atoms with Crippen LogP contribution in [-0.4, -0.2) is 14.8 Å². The number of hydrogen-bond acceptors (Lipinski definition) is 2. The van der Waals surface area contributed by atoms with Crippen LogP contribution in [0.1, 0.15) is 76.9 Å². The predicted octanol–water partition coefficient (Wildman–Crippen LogP) is 4.11. The Hall–Kier alpha value is -0.860. The van der Waals surface area contributed by atoms with E-state index in [0.717, 1.165) is 30.7 Å². The van der Waals surface area contributed by atoms with Crippen molar-refractivity contribution in [1.29, 1.82) is 0 Å². The van der Waals surface area contributed by atoms with Crippen LogP contribution in [-0.2, 0) is 18.4 Å². The Balaban J connectivity index is 1.71. The average Bonchev–Trinajstić information content (AvgIpc) is 2.87. The van der Waals surface area contributed by atoms with E-state index >= 15 is 0 Å². The maximum atomic E-state index is 4.74. The fourth-order valence-electron chi connectivity index (χ4n) is 5.92. The molecule has 116 valence electrons. The second kappa shape index (κ2) is 5.10. The highest BCUT2D eigenvalue weighted by Gasteiger charge is 2.53. The van der Waals surface area contributed by atoms with Crippen molar-refractivity contribution in [2.75, 3.05) is 0 Å². The van der Waals surface area contributed by atoms with Crippen molar-refractivity contribution in [2.45, 2.75) is 83.6 Å². The molecule has 21 heavy (non-hydrogen) atoms. The van der Waals surface area contributed by atoms with Crippen molar-refractivity contribution >= 4 is 0 Å². The van der Waals surface area contributed by atoms with Crippen LogP contribution in [0.15, 0.2) is 0 Å². The zero-order chi connectivity index (χ0) is 14.4. The van der Waals surface area contributed by atoms with E-state index in [-0.39, 0.29) is 0 Å². The summed E-state index contributed by atoms with van der Waals surface area (Å²) >= 11 is 0. The number of unbranched alkanes of at least 4 members (excludes halogenated alkanes) is 1. The van der Waals surface area contributed by atoms with Gasteiger partial charge in [0.1, 0.15) is 11.6 Å². The third-order valence-electron chi connectivity index (χ3n) is 6.39. The Bertz CT molecular complexity index is 481. The molecule has 0 unspecified atom stereocenters. The Morgan fingerprint density at radius 3 is 2.14 bits per heavy atom. The summed E-state index contributed by atoms with van der Waals surface area (Å²) in [5.74, 6) is 5.54. The van der Waals surface area contributed by atoms with Crippen molar-refractivity contribution in [1.82, 2.24) is 14.8 Å². The number of hydrogen-bond donors (Lipinski definition) is 0. The molecule has 5 rings (SSSR count). The van der Waals surface area contributed by atoms with Crippen LogP contribution in [0.4, 0.5) is 0 Å². The van der Waals surface area contributed by atoms with Gasteiger partial charge < -0.3 is 4.57 Å². The summed E-state index contributed by atoms with van der Waals surface area (Å²) in [7, 11) is 0. The highest BCUT2D eigenvalue weighted by molar-refractivity contribution is 5.19. The first-order valence-electron chi connectivity index (χ1n) is 9.16. The van der Waals surface area contributed by atoms with Crippen LogP contribution in [0, 0.1) is 17.8 Å². The summed E-state index contributed by atoms with van der Waals surface area (Å²) in [4.78, 5) is 0. The molecule has 3 nitrogen and oxygen atoms in total. The van der Waals surface area contributed by atoms with Gasteiger partial charge in [-0.1, -0.05) is 20.3 Å². The van der Waals surface area contributed by atoms with Gasteiger partial charge in [0.2, 0.25) is 0 Å². The summed E-state index contributed by atoms with van der Waals surface area (Å²) in [6, 6.07) is 0. The topological polar surface area (TPSA) is 30.7 Å². The van der Waals surface area contributed by atoms with Gasteiger partial charge >= 0.3 is 0 Å². The second-order valence-corrected chi connectivity index (χ2v) is 8.00. The first-order valence-corrected chi connectivity index (χ1v) is 9.16. The van der Waals surface area contributed by atoms with Crippen molar-refractivity contribution in [3.8, 4) is 0 Å². The normalized spacial score (nSPS) is 37.3. The van der Waals surface area contributed by atoms with E-state index in [1.165, 1.54) is 63.0 Å². The minimum Gasteiger partial charge on any atom is -0.315 e. The van der Waals surface area contributed by atoms with Crippen LogP contribution in [0.3, 0.4) is 0 Å². The number of aromatic nitrogens is 3. The van der Waals surface area contributed by atoms with Gasteiger partial charge in [-0.25, -0.2) is 0 Å². The van der Waals surface area contributed by atoms with Crippen molar-refractivity contribution in [2.24, 2.45) is 17.8 Å². The molecule has 0 spiro atoms. The smallest absolute Gasteiger partial charge is 0.139 e. The molecule has 1 heterocycles. The molecule has 0 amide bonds. The largest absolute Gasteiger partial charge is 0.315 e. The van der Waals surface area contributed by atoms with Gasteiger partial charge in [-0.3, -0.25) is 0 Å². The quantitative estimate of drug-likeness (QED) is 0.816. The molecule has 1 aromatic heterocycles. The van der Waals surface area contributed by atoms with E-state index in [1.54, 1.807) is 0 Å². The molecule has 4 aliphatic carbocycles. The zero-order valence-corrected chi connectivity index (χ0v) is 13.6. The van der Waals surface area contributed by atoms with Crippen LogP contribution in [0.25, 0.3) is 0 Å². The highest BCUT2D eigenvalue weighted by Crippen LogP contribution is 2.60. The molecular formula is C18H29N3. The van der Waals surface area contributed by atoms with E-state index in [9.17, 15) is 0 Å². The predicted molar refractivity (Wildman–Crippen MR) is 84.2 cm³/mol. The molecule has 0 aromatic carbocycles. The van der Waals surface area contributed by atoms with Gasteiger partial charge in [0.15, 0.2) is 0 Å². The SMILES string of the molecule is CCCCn1c(CC)nnc1C12CC3CC(CC(C3)C1)C2. The number of nitrogens with zero attached hydrogens (tertiary/aromatic N) is 3. The van der Waals surface area contributed by atoms with Gasteiger partial charge in [-0.2, -0.15) is 0 Å². The summed E-state index contributed by atoms with van der Waals surface area (Å²) < 4.78 is 2.51. The Labute approximate surface area is 128 Å². The first-order chi connectivity index (χ1) is 10.2. The van der Waals surface area contributed by atoms with Crippen molar-refractivity contribution in [3.05, 3.63) is 11.6 Å². The number of aryl methyl sites for hydroxylation is 1. The molecule has 1 aromatic rings. The third-order valence-corrected chi connectivity index (χ3v) is 6.39. The molecule has 4 aliphatic rings. The number of rotatable bonds is 5. The lowest BCUT2D eigenvalue weighted by molar-refractivity contribution is -0.0113. The minimum absolute atomic E-state index is 0.392. The van der Waals surface area contributed by atoms with Crippen LogP contribution in [0.5, 0.6) is 0 Å². The fourth-order valence-corrected chi connectivity index (χ4v) is 5.92. The molecule has 0 aliphatic heterocycles. The maximum Gasteiger partial charge on any atom is 0.139 e. The minimum atomic E-state index is 0.392. The van der Waals surface area contributed by atoms with Crippen LogP contribution in [0.2, 0.25) is 0 Å². The van der Waals surface area contributed by atoms with E-state index in [1.807, 2.05) is 0 Å². The molecule has 0 saturated heterocycles. The van der Waals surface area contributed by atoms with E-state index in [2.05, 4.69) is 23.5 Å². The summed E-state index contributed by atoms with van der Waals surface area (Å²) in [5.41, 5.74) is 0.392. The van der Waals surface area contributed by atoms with Gasteiger partial charge in [0.25, 0.3) is 0 Å².